The molecule has 0 spiro atoms. The van der Waals surface area contributed by atoms with Gasteiger partial charge in [0.05, 0.1) is 12.7 Å². The van der Waals surface area contributed by atoms with E-state index in [-0.39, 0.29) is 0 Å². The molecular weight excluding hydrogens is 248 g/mol. The number of anilines is 1. The highest BCUT2D eigenvalue weighted by Gasteiger charge is 2.06. The number of aryl methyl sites for hydroxylation is 1. The van der Waals surface area contributed by atoms with E-state index in [1.54, 1.807) is 0 Å². The van der Waals surface area contributed by atoms with Crippen LogP contribution in [0, 0.1) is 6.92 Å². The first-order valence-electron chi connectivity index (χ1n) is 6.52. The predicted octanol–water partition coefficient (Wildman–Crippen LogP) is 2.88. The van der Waals surface area contributed by atoms with E-state index >= 15 is 0 Å². The number of benzene rings is 1. The summed E-state index contributed by atoms with van der Waals surface area (Å²) in [5, 5.41) is 4.41. The normalized spacial score (nSPS) is 10.7. The van der Waals surface area contributed by atoms with E-state index in [2.05, 4.69) is 22.2 Å². The van der Waals surface area contributed by atoms with E-state index in [1.165, 1.54) is 5.56 Å². The maximum Gasteiger partial charge on any atom is 0.123 e. The standard InChI is InChI=1S/C16H16N4/c1-12-15(7-8-16(17)19-12)14-9-18-20(11-14)10-13-5-3-2-4-6-13/h2-9,11H,10H2,1H3,(H2,17,19). The van der Waals surface area contributed by atoms with Gasteiger partial charge in [-0.15, -0.1) is 0 Å². The van der Waals surface area contributed by atoms with Crippen molar-refractivity contribution < 1.29 is 0 Å². The third-order valence-electron chi connectivity index (χ3n) is 3.24. The first kappa shape index (κ1) is 12.4. The van der Waals surface area contributed by atoms with Crippen LogP contribution in [0.15, 0.2) is 54.9 Å². The minimum atomic E-state index is 0.544. The van der Waals surface area contributed by atoms with Crippen LogP contribution in [0.4, 0.5) is 5.82 Å². The number of nitrogen functional groups attached to an aromatic ring is 1. The van der Waals surface area contributed by atoms with Crippen LogP contribution in [0.1, 0.15) is 11.3 Å². The van der Waals surface area contributed by atoms with Crippen molar-refractivity contribution in [3.05, 3.63) is 66.1 Å². The van der Waals surface area contributed by atoms with Crippen molar-refractivity contribution in [3.63, 3.8) is 0 Å². The van der Waals surface area contributed by atoms with E-state index in [9.17, 15) is 0 Å². The molecule has 100 valence electrons. The molecule has 0 aliphatic carbocycles. The molecule has 0 amide bonds. The fraction of sp³-hybridized carbons (Fsp3) is 0.125. The Labute approximate surface area is 117 Å². The summed E-state index contributed by atoms with van der Waals surface area (Å²) in [5.74, 6) is 0.544. The Morgan fingerprint density at radius 2 is 1.90 bits per heavy atom. The molecule has 0 saturated carbocycles. The molecule has 3 aromatic rings. The number of aromatic nitrogens is 3. The topological polar surface area (TPSA) is 56.7 Å². The highest BCUT2D eigenvalue weighted by atomic mass is 15.3. The zero-order chi connectivity index (χ0) is 13.9. The summed E-state index contributed by atoms with van der Waals surface area (Å²) in [5.41, 5.74) is 9.96. The van der Waals surface area contributed by atoms with Crippen LogP contribution in [-0.2, 0) is 6.54 Å². The van der Waals surface area contributed by atoms with Gasteiger partial charge in [-0.3, -0.25) is 4.68 Å². The Kier molecular flexibility index (Phi) is 3.21. The first-order chi connectivity index (χ1) is 9.72. The summed E-state index contributed by atoms with van der Waals surface area (Å²) in [4.78, 5) is 4.28. The number of rotatable bonds is 3. The monoisotopic (exact) mass is 264 g/mol. The molecule has 4 heteroatoms. The molecule has 4 nitrogen and oxygen atoms in total. The summed E-state index contributed by atoms with van der Waals surface area (Å²) < 4.78 is 1.93. The lowest BCUT2D eigenvalue weighted by atomic mass is 10.1. The molecule has 2 N–H and O–H groups in total. The van der Waals surface area contributed by atoms with Crippen molar-refractivity contribution >= 4 is 5.82 Å². The maximum absolute atomic E-state index is 5.68. The lowest BCUT2D eigenvalue weighted by molar-refractivity contribution is 0.687. The van der Waals surface area contributed by atoms with Gasteiger partial charge in [-0.25, -0.2) is 4.98 Å². The SMILES string of the molecule is Cc1nc(N)ccc1-c1cnn(Cc2ccccc2)c1. The number of pyridine rings is 1. The third kappa shape index (κ3) is 2.54. The zero-order valence-electron chi connectivity index (χ0n) is 11.3. The van der Waals surface area contributed by atoms with E-state index in [4.69, 9.17) is 5.73 Å². The minimum Gasteiger partial charge on any atom is -0.384 e. The van der Waals surface area contributed by atoms with Gasteiger partial charge < -0.3 is 5.73 Å². The van der Waals surface area contributed by atoms with Crippen molar-refractivity contribution in [2.45, 2.75) is 13.5 Å². The highest BCUT2D eigenvalue weighted by Crippen LogP contribution is 2.22. The smallest absolute Gasteiger partial charge is 0.123 e. The molecule has 0 saturated heterocycles. The molecule has 0 unspecified atom stereocenters. The van der Waals surface area contributed by atoms with Crippen molar-refractivity contribution in [2.75, 3.05) is 5.73 Å². The fourth-order valence-corrected chi connectivity index (χ4v) is 2.25. The van der Waals surface area contributed by atoms with Crippen LogP contribution in [0.3, 0.4) is 0 Å². The van der Waals surface area contributed by atoms with E-state index in [1.807, 2.05) is 54.3 Å². The van der Waals surface area contributed by atoms with Gasteiger partial charge in [0, 0.05) is 23.0 Å². The van der Waals surface area contributed by atoms with Gasteiger partial charge in [0.2, 0.25) is 0 Å². The Morgan fingerprint density at radius 1 is 1.10 bits per heavy atom. The van der Waals surface area contributed by atoms with Crippen LogP contribution in [0.5, 0.6) is 0 Å². The second kappa shape index (κ2) is 5.17. The summed E-state index contributed by atoms with van der Waals surface area (Å²) in [7, 11) is 0. The molecule has 0 bridgehead atoms. The Morgan fingerprint density at radius 3 is 2.65 bits per heavy atom. The van der Waals surface area contributed by atoms with Gasteiger partial charge in [-0.05, 0) is 24.6 Å². The van der Waals surface area contributed by atoms with Gasteiger partial charge >= 0.3 is 0 Å². The van der Waals surface area contributed by atoms with Crippen molar-refractivity contribution in [2.24, 2.45) is 0 Å². The average Bonchev–Trinajstić information content (AvgIpc) is 2.88. The molecule has 3 rings (SSSR count). The quantitative estimate of drug-likeness (QED) is 0.791. The Hall–Kier alpha value is -2.62. The summed E-state index contributed by atoms with van der Waals surface area (Å²) in [6.45, 7) is 2.72. The molecule has 2 heterocycles. The van der Waals surface area contributed by atoms with E-state index in [0.717, 1.165) is 23.4 Å². The van der Waals surface area contributed by atoms with E-state index in [0.29, 0.717) is 5.82 Å². The van der Waals surface area contributed by atoms with Crippen molar-refractivity contribution in [1.29, 1.82) is 0 Å². The second-order valence-corrected chi connectivity index (χ2v) is 4.78. The number of nitrogens with two attached hydrogens (primary N) is 1. The van der Waals surface area contributed by atoms with Gasteiger partial charge in [0.15, 0.2) is 0 Å². The number of hydrogen-bond donors (Lipinski definition) is 1. The fourth-order valence-electron chi connectivity index (χ4n) is 2.25. The second-order valence-electron chi connectivity index (χ2n) is 4.78. The highest BCUT2D eigenvalue weighted by molar-refractivity contribution is 5.65. The van der Waals surface area contributed by atoms with Gasteiger partial charge in [-0.2, -0.15) is 5.10 Å². The Bertz CT molecular complexity index is 716. The molecule has 0 aliphatic rings. The third-order valence-corrected chi connectivity index (χ3v) is 3.24. The lowest BCUT2D eigenvalue weighted by Crippen LogP contribution is -1.99. The lowest BCUT2D eigenvalue weighted by Gasteiger charge is -2.03. The zero-order valence-corrected chi connectivity index (χ0v) is 11.3. The van der Waals surface area contributed by atoms with E-state index < -0.39 is 0 Å². The molecule has 1 aromatic carbocycles. The molecule has 0 radical (unpaired) electrons. The summed E-state index contributed by atoms with van der Waals surface area (Å²) in [6, 6.07) is 14.1. The summed E-state index contributed by atoms with van der Waals surface area (Å²) in [6.07, 6.45) is 3.90. The summed E-state index contributed by atoms with van der Waals surface area (Å²) >= 11 is 0. The predicted molar refractivity (Wildman–Crippen MR) is 80.2 cm³/mol. The molecule has 0 atom stereocenters. The van der Waals surface area contributed by atoms with Crippen LogP contribution < -0.4 is 5.73 Å². The number of hydrogen-bond acceptors (Lipinski definition) is 3. The molecule has 0 fully saturated rings. The van der Waals surface area contributed by atoms with Gasteiger partial charge in [0.25, 0.3) is 0 Å². The van der Waals surface area contributed by atoms with Crippen molar-refractivity contribution in [1.82, 2.24) is 14.8 Å². The largest absolute Gasteiger partial charge is 0.384 e. The van der Waals surface area contributed by atoms with Gasteiger partial charge in [0.1, 0.15) is 5.82 Å². The van der Waals surface area contributed by atoms with Crippen LogP contribution in [-0.4, -0.2) is 14.8 Å². The van der Waals surface area contributed by atoms with Crippen LogP contribution >= 0.6 is 0 Å². The molecule has 0 aliphatic heterocycles. The Balaban J connectivity index is 1.87. The first-order valence-corrected chi connectivity index (χ1v) is 6.52. The molecular formula is C16H16N4. The van der Waals surface area contributed by atoms with Crippen LogP contribution in [0.2, 0.25) is 0 Å². The molecule has 20 heavy (non-hydrogen) atoms. The maximum atomic E-state index is 5.68. The molecule has 2 aromatic heterocycles. The van der Waals surface area contributed by atoms with Crippen molar-refractivity contribution in [3.8, 4) is 11.1 Å². The van der Waals surface area contributed by atoms with Gasteiger partial charge in [-0.1, -0.05) is 30.3 Å². The average molecular weight is 264 g/mol. The van der Waals surface area contributed by atoms with Crippen LogP contribution in [0.25, 0.3) is 11.1 Å². The number of nitrogens with zero attached hydrogens (tertiary/aromatic N) is 3. The minimum absolute atomic E-state index is 0.544.